The number of carbonyl (C=O) groups excluding carboxylic acids is 5. The summed E-state index contributed by atoms with van der Waals surface area (Å²) in [6, 6.07) is 16.3. The molecular weight excluding hydrogens is 1680 g/mol. The highest BCUT2D eigenvalue weighted by molar-refractivity contribution is 9.09. The van der Waals surface area contributed by atoms with Crippen molar-refractivity contribution in [1.82, 2.24) is 0 Å². The highest BCUT2D eigenvalue weighted by Gasteiger charge is 2.63. The number of alkyl halides is 13. The van der Waals surface area contributed by atoms with Crippen LogP contribution in [0.25, 0.3) is 0 Å². The number of allylic oxidation sites excluding steroid dienone is 1. The van der Waals surface area contributed by atoms with Crippen molar-refractivity contribution in [3.63, 3.8) is 0 Å². The number of hydrogen-bond donors (Lipinski definition) is 5. The first-order valence-corrected chi connectivity index (χ1v) is 39.2. The zero-order chi connectivity index (χ0) is 89.0. The van der Waals surface area contributed by atoms with Crippen LogP contribution >= 0.6 is 46.1 Å². The third-order valence-electron chi connectivity index (χ3n) is 14.2. The maximum absolute atomic E-state index is 13.5. The van der Waals surface area contributed by atoms with E-state index >= 15 is 0 Å². The SMILES string of the molecule is C1CCOC1.C=C(C)CBr.C=C(C)CC(O)(C(=O)OCC)C(F)(F)F.CCOC(=O)C(C)=O.CCOC(=O)C(O)(CC(C)(C)c1cc(F)ccc1OC)C(F)(F)F.CO.COc1ccc(F)cc1.COc1ccc(F)cc1C(C)(C)CC(=O)C(F)(F)F.COc1ccc(F)cc1C(C)(C)CC(O)(CO)C(F)(F)F.[Cl][Al]([Cl])[Cl]. The van der Waals surface area contributed by atoms with E-state index in [1.807, 2.05) is 6.92 Å². The lowest BCUT2D eigenvalue weighted by atomic mass is 9.74. The van der Waals surface area contributed by atoms with Crippen molar-refractivity contribution in [2.75, 3.05) is 80.5 Å². The monoisotopic (exact) mass is 1780 g/mol. The lowest BCUT2D eigenvalue weighted by Gasteiger charge is -2.37. The molecule has 1 aliphatic rings. The molecule has 1 saturated heterocycles. The second-order valence-electron chi connectivity index (χ2n) is 25.2. The minimum atomic E-state index is -5.25. The first-order valence-electron chi connectivity index (χ1n) is 32.8. The van der Waals surface area contributed by atoms with Crippen molar-refractivity contribution in [1.29, 1.82) is 0 Å². The summed E-state index contributed by atoms with van der Waals surface area (Å²) >= 11 is 1.49. The molecule has 1 fully saturated rings. The number of hydrogen-bond acceptors (Lipinski definition) is 18. The summed E-state index contributed by atoms with van der Waals surface area (Å²) in [5.41, 5.74) is -12.7. The van der Waals surface area contributed by atoms with E-state index in [2.05, 4.69) is 43.3 Å². The van der Waals surface area contributed by atoms with Gasteiger partial charge in [0.15, 0.2) is 5.60 Å². The Hall–Kier alpha value is -6.17. The molecule has 4 aromatic rings. The number of halogens is 20. The van der Waals surface area contributed by atoms with Gasteiger partial charge in [-0.15, -0.1) is 6.58 Å². The molecule has 0 amide bonds. The average Bonchev–Trinajstić information content (AvgIpc) is 1.16. The Balaban J connectivity index is -0.000000402. The van der Waals surface area contributed by atoms with Gasteiger partial charge < -0.3 is 63.4 Å². The maximum atomic E-state index is 13.5. The molecule has 4 aromatic carbocycles. The van der Waals surface area contributed by atoms with Gasteiger partial charge in [-0.1, -0.05) is 75.2 Å². The standard InChI is InChI=1S/C16H20F4O4.C14H18F4O3.C13H14F4O2.C9H13F3O3.C7H7FO.C5H8O3.C4H7Br.C4H8O.CH4O.Al.3ClH/c1-5-24-13(21)15(22,16(18,19)20)9-14(2,3)11-8-10(17)6-7-12(11)23-4;1-12(2,7-13(20,8-19)14(16,17)18)10-6-9(15)4-5-11(10)21-3;1-12(2,7-11(18)13(15,16)17)9-6-8(14)4-5-10(9)19-3;1-4-15-7(13)8(14,5-6(2)3)9(10,11)12;1-9-7-4-2-6(8)3-5-7;1-3-8-5(7)4(2)6;1-4(2)3-5;1-2-4-5-3-1;1-2;;;;/h6-8,22H,5,9H2,1-4H3;4-6,19-20H,7-8H2,1-3H3;4-6H,7H2,1-3H3;14H,2,4-5H2,1,3H3;2-5H,1H3;3H2,1-2H3;1,3H2,2H3;1-4H2;2H,1H3;;3*1H/q;;;;;;;;;+3;;;/p-3. The fourth-order valence-corrected chi connectivity index (χ4v) is 8.86. The zero-order valence-electron chi connectivity index (χ0n) is 64.8. The van der Waals surface area contributed by atoms with Crippen molar-refractivity contribution in [3.8, 4) is 23.0 Å². The minimum absolute atomic E-state index is 0.0443. The number of ketones is 2. The molecule has 3 atom stereocenters. The number of ether oxygens (including phenoxy) is 8. The molecule has 642 valence electrons. The normalized spacial score (nSPS) is 13.3. The number of rotatable bonds is 23. The number of aliphatic hydroxyl groups excluding tert-OH is 2. The molecule has 0 saturated carbocycles. The average molecular weight is 1780 g/mol. The molecule has 0 spiro atoms. The molecule has 0 bridgehead atoms. The zero-order valence-corrected chi connectivity index (χ0v) is 69.8. The summed E-state index contributed by atoms with van der Waals surface area (Å²) in [6.45, 7) is 24.3. The molecule has 39 heteroatoms. The summed E-state index contributed by atoms with van der Waals surface area (Å²) in [7, 11) is 21.3. The van der Waals surface area contributed by atoms with E-state index in [0.717, 1.165) is 62.1 Å². The summed E-state index contributed by atoms with van der Waals surface area (Å²) in [6.07, 6.45) is -21.2. The van der Waals surface area contributed by atoms with Crippen LogP contribution < -0.4 is 18.9 Å². The van der Waals surface area contributed by atoms with E-state index < -0.39 is 148 Å². The molecule has 1 aliphatic heterocycles. The molecule has 0 radical (unpaired) electrons. The van der Waals surface area contributed by atoms with Gasteiger partial charge in [0.2, 0.25) is 11.6 Å². The van der Waals surface area contributed by atoms with E-state index in [4.69, 9.17) is 64.0 Å². The van der Waals surface area contributed by atoms with Crippen LogP contribution in [0.2, 0.25) is 0 Å². The van der Waals surface area contributed by atoms with E-state index in [0.29, 0.717) is 5.75 Å². The van der Waals surface area contributed by atoms with Gasteiger partial charge in [-0.05, 0) is 144 Å². The lowest BCUT2D eigenvalue weighted by Crippen LogP contribution is -2.55. The molecule has 1 heterocycles. The number of methoxy groups -OCH3 is 4. The summed E-state index contributed by atoms with van der Waals surface area (Å²) in [4.78, 5) is 54.1. The van der Waals surface area contributed by atoms with Gasteiger partial charge in [0.25, 0.3) is 11.2 Å². The Labute approximate surface area is 667 Å². The number of carbonyl (C=O) groups is 5. The van der Waals surface area contributed by atoms with Crippen molar-refractivity contribution < 1.29 is 158 Å². The third-order valence-corrected chi connectivity index (χ3v) is 15.2. The van der Waals surface area contributed by atoms with Crippen molar-refractivity contribution in [2.45, 2.75) is 179 Å². The number of benzene rings is 4. The predicted molar refractivity (Wildman–Crippen MR) is 396 cm³/mol. The minimum Gasteiger partial charge on any atom is -0.497 e. The summed E-state index contributed by atoms with van der Waals surface area (Å²) in [5.74, 6) is -7.48. The Morgan fingerprint density at radius 3 is 1.06 bits per heavy atom. The number of aliphatic hydroxyl groups is 5. The highest BCUT2D eigenvalue weighted by Crippen LogP contribution is 2.46. The largest absolute Gasteiger partial charge is 0.643 e. The van der Waals surface area contributed by atoms with Crippen LogP contribution in [0.15, 0.2) is 103 Å². The first-order chi connectivity index (χ1) is 51.1. The van der Waals surface area contributed by atoms with E-state index in [1.54, 1.807) is 26.2 Å². The smallest absolute Gasteiger partial charge is 0.497 e. The molecule has 0 aliphatic carbocycles. The topological polar surface area (TPSA) is 260 Å². The number of esters is 3. The molecule has 112 heavy (non-hydrogen) atoms. The van der Waals surface area contributed by atoms with Gasteiger partial charge in [-0.25, -0.2) is 62.1 Å². The maximum Gasteiger partial charge on any atom is 0.643 e. The molecule has 5 N–H and O–H groups in total. The Bertz CT molecular complexity index is 3450. The fraction of sp³-hybridized carbons (Fsp3) is 0.548. The van der Waals surface area contributed by atoms with Gasteiger partial charge in [-0.2, -0.15) is 52.7 Å². The van der Waals surface area contributed by atoms with Gasteiger partial charge in [0.05, 0.1) is 54.9 Å². The van der Waals surface area contributed by atoms with Crippen LogP contribution in [-0.4, -0.2) is 188 Å². The second-order valence-corrected chi connectivity index (χ2v) is 32.2. The van der Waals surface area contributed by atoms with Crippen LogP contribution in [0.5, 0.6) is 23.0 Å². The Morgan fingerprint density at radius 2 is 0.821 bits per heavy atom. The van der Waals surface area contributed by atoms with Crippen LogP contribution in [-0.2, 0) is 59.2 Å². The van der Waals surface area contributed by atoms with E-state index in [1.165, 1.54) is 139 Å². The van der Waals surface area contributed by atoms with Gasteiger partial charge in [-0.3, -0.25) is 9.59 Å². The third kappa shape index (κ3) is 43.5. The molecule has 0 aromatic heterocycles. The Morgan fingerprint density at radius 1 is 0.500 bits per heavy atom. The second kappa shape index (κ2) is 53.9. The number of Topliss-reactive ketones (excluding diaryl/α,β-unsaturated/α-hetero) is 2. The van der Waals surface area contributed by atoms with Gasteiger partial charge >= 0.3 is 54.0 Å². The first kappa shape index (κ1) is 114. The van der Waals surface area contributed by atoms with Crippen LogP contribution in [0.1, 0.15) is 138 Å². The molecule has 3 unspecified atom stereocenters. The van der Waals surface area contributed by atoms with E-state index in [-0.39, 0.29) is 65.1 Å². The summed E-state index contributed by atoms with van der Waals surface area (Å²) < 4.78 is 243. The van der Waals surface area contributed by atoms with Crippen LogP contribution in [0.3, 0.4) is 0 Å². The highest BCUT2D eigenvalue weighted by atomic mass is 79.9. The van der Waals surface area contributed by atoms with Crippen molar-refractivity contribution in [2.24, 2.45) is 0 Å². The van der Waals surface area contributed by atoms with Gasteiger partial charge in [0, 0.05) is 73.9 Å². The predicted octanol–water partition coefficient (Wildman–Crippen LogP) is 17.6. The lowest BCUT2D eigenvalue weighted by molar-refractivity contribution is -0.277. The molecule has 18 nitrogen and oxygen atoms in total. The fourth-order valence-electron chi connectivity index (χ4n) is 8.86. The molecule has 5 rings (SSSR count). The van der Waals surface area contributed by atoms with Crippen LogP contribution in [0.4, 0.5) is 70.2 Å². The quantitative estimate of drug-likeness (QED) is 0.00879. The summed E-state index contributed by atoms with van der Waals surface area (Å²) in [5, 5.41) is 45.8. The molecular formula is C73H99AlBrCl3F16O18. The van der Waals surface area contributed by atoms with Crippen LogP contribution in [0, 0.1) is 23.3 Å². The van der Waals surface area contributed by atoms with Gasteiger partial charge in [0.1, 0.15) is 46.3 Å². The van der Waals surface area contributed by atoms with Crippen molar-refractivity contribution in [3.05, 3.63) is 143 Å². The Kier molecular flexibility index (Phi) is 55.0. The van der Waals surface area contributed by atoms with Crippen molar-refractivity contribution >= 4 is 86.9 Å². The van der Waals surface area contributed by atoms with E-state index in [9.17, 15) is 110 Å².